The van der Waals surface area contributed by atoms with E-state index in [1.807, 2.05) is 11.4 Å². The van der Waals surface area contributed by atoms with Gasteiger partial charge in [0.15, 0.2) is 0 Å². The fourth-order valence-corrected chi connectivity index (χ4v) is 3.21. The van der Waals surface area contributed by atoms with Crippen molar-refractivity contribution in [3.05, 3.63) is 33.0 Å². The van der Waals surface area contributed by atoms with Crippen LogP contribution in [0.5, 0.6) is 0 Å². The average molecular weight is 253 g/mol. The Balaban J connectivity index is 2.38. The minimum absolute atomic E-state index is 0.00277. The van der Waals surface area contributed by atoms with Gasteiger partial charge in [-0.2, -0.15) is 0 Å². The summed E-state index contributed by atoms with van der Waals surface area (Å²) >= 11 is 3.08. The molecule has 2 N–H and O–H groups in total. The fourth-order valence-electron chi connectivity index (χ4n) is 1.52. The Hall–Kier alpha value is -0.780. The smallest absolute Gasteiger partial charge is 0.0860 e. The Morgan fingerprint density at radius 1 is 1.38 bits per heavy atom. The Morgan fingerprint density at radius 2 is 2.12 bits per heavy atom. The van der Waals surface area contributed by atoms with Crippen molar-refractivity contribution in [3.8, 4) is 0 Å². The van der Waals surface area contributed by atoms with E-state index in [1.165, 1.54) is 11.5 Å². The standard InChI is InChI=1S/C11H15N3S2/c1-11(2,3)10-9(16-14-13-10)8(12)7-5-4-6-15-7/h4-6,8H,12H2,1-3H3. The molecule has 0 aliphatic rings. The van der Waals surface area contributed by atoms with Crippen LogP contribution in [-0.2, 0) is 5.41 Å². The maximum atomic E-state index is 6.24. The second-order valence-electron chi connectivity index (χ2n) is 4.73. The molecule has 0 amide bonds. The lowest BCUT2D eigenvalue weighted by Gasteiger charge is -2.18. The summed E-state index contributed by atoms with van der Waals surface area (Å²) in [6, 6.07) is 3.99. The molecule has 5 heteroatoms. The van der Waals surface area contributed by atoms with Gasteiger partial charge in [0.1, 0.15) is 0 Å². The summed E-state index contributed by atoms with van der Waals surface area (Å²) in [5, 5.41) is 6.25. The Labute approximate surface area is 103 Å². The number of nitrogens with zero attached hydrogens (tertiary/aromatic N) is 2. The topological polar surface area (TPSA) is 51.8 Å². The zero-order chi connectivity index (χ0) is 11.8. The van der Waals surface area contributed by atoms with E-state index in [2.05, 4.69) is 36.4 Å². The first kappa shape index (κ1) is 11.7. The van der Waals surface area contributed by atoms with Crippen LogP contribution in [0.2, 0.25) is 0 Å². The first-order valence-corrected chi connectivity index (χ1v) is 6.77. The minimum Gasteiger partial charge on any atom is -0.319 e. The average Bonchev–Trinajstić information content (AvgIpc) is 2.87. The predicted molar refractivity (Wildman–Crippen MR) is 69.0 cm³/mol. The van der Waals surface area contributed by atoms with Gasteiger partial charge >= 0.3 is 0 Å². The van der Waals surface area contributed by atoms with Crippen LogP contribution in [0.3, 0.4) is 0 Å². The van der Waals surface area contributed by atoms with Crippen LogP contribution < -0.4 is 5.73 Å². The second-order valence-corrected chi connectivity index (χ2v) is 6.49. The van der Waals surface area contributed by atoms with Gasteiger partial charge in [0.2, 0.25) is 0 Å². The summed E-state index contributed by atoms with van der Waals surface area (Å²) in [6.45, 7) is 6.40. The lowest BCUT2D eigenvalue weighted by molar-refractivity contribution is 0.557. The van der Waals surface area contributed by atoms with Crippen LogP contribution >= 0.6 is 22.9 Å². The summed E-state index contributed by atoms with van der Waals surface area (Å²) in [5.74, 6) is 0. The van der Waals surface area contributed by atoms with Crippen molar-refractivity contribution in [1.82, 2.24) is 9.59 Å². The molecule has 86 valence electrons. The lowest BCUT2D eigenvalue weighted by atomic mass is 9.90. The van der Waals surface area contributed by atoms with E-state index >= 15 is 0 Å². The molecule has 2 aromatic heterocycles. The largest absolute Gasteiger partial charge is 0.319 e. The first-order valence-electron chi connectivity index (χ1n) is 5.12. The fraction of sp³-hybridized carbons (Fsp3) is 0.455. The van der Waals surface area contributed by atoms with Gasteiger partial charge in [0.25, 0.3) is 0 Å². The normalized spacial score (nSPS) is 14.0. The number of nitrogens with two attached hydrogens (primary N) is 1. The molecule has 2 rings (SSSR count). The van der Waals surface area contributed by atoms with E-state index in [0.717, 1.165) is 15.4 Å². The van der Waals surface area contributed by atoms with Gasteiger partial charge in [-0.1, -0.05) is 31.3 Å². The molecular formula is C11H15N3S2. The number of rotatable bonds is 2. The van der Waals surface area contributed by atoms with Gasteiger partial charge in [0, 0.05) is 10.3 Å². The van der Waals surface area contributed by atoms with Crippen LogP contribution in [0, 0.1) is 0 Å². The molecule has 0 saturated heterocycles. The van der Waals surface area contributed by atoms with Crippen molar-refractivity contribution < 1.29 is 0 Å². The van der Waals surface area contributed by atoms with E-state index in [-0.39, 0.29) is 11.5 Å². The van der Waals surface area contributed by atoms with E-state index in [0.29, 0.717) is 0 Å². The molecule has 2 heterocycles. The summed E-state index contributed by atoms with van der Waals surface area (Å²) in [6.07, 6.45) is 0. The first-order chi connectivity index (χ1) is 7.50. The molecule has 0 spiro atoms. The second kappa shape index (κ2) is 4.24. The van der Waals surface area contributed by atoms with Crippen molar-refractivity contribution in [2.24, 2.45) is 5.73 Å². The molecule has 1 atom stereocenters. The molecular weight excluding hydrogens is 238 g/mol. The van der Waals surface area contributed by atoms with Gasteiger partial charge in [-0.25, -0.2) is 0 Å². The maximum absolute atomic E-state index is 6.24. The van der Waals surface area contributed by atoms with Crippen LogP contribution in [0.15, 0.2) is 17.5 Å². The number of aromatic nitrogens is 2. The van der Waals surface area contributed by atoms with E-state index in [4.69, 9.17) is 5.73 Å². The van der Waals surface area contributed by atoms with E-state index in [1.54, 1.807) is 11.3 Å². The third kappa shape index (κ3) is 2.16. The number of thiophene rings is 1. The molecule has 1 unspecified atom stereocenters. The van der Waals surface area contributed by atoms with Gasteiger partial charge in [-0.15, -0.1) is 16.4 Å². The van der Waals surface area contributed by atoms with Gasteiger partial charge in [-0.3, -0.25) is 0 Å². The molecule has 0 saturated carbocycles. The lowest BCUT2D eigenvalue weighted by Crippen LogP contribution is -2.19. The molecule has 0 aliphatic heterocycles. The highest BCUT2D eigenvalue weighted by atomic mass is 32.1. The van der Waals surface area contributed by atoms with Gasteiger partial charge in [0.05, 0.1) is 16.6 Å². The van der Waals surface area contributed by atoms with Crippen molar-refractivity contribution in [2.45, 2.75) is 32.2 Å². The van der Waals surface area contributed by atoms with Crippen molar-refractivity contribution in [1.29, 1.82) is 0 Å². The van der Waals surface area contributed by atoms with Crippen molar-refractivity contribution in [3.63, 3.8) is 0 Å². The quantitative estimate of drug-likeness (QED) is 0.895. The summed E-state index contributed by atoms with van der Waals surface area (Å²) < 4.78 is 4.04. The Morgan fingerprint density at radius 3 is 2.69 bits per heavy atom. The van der Waals surface area contributed by atoms with Crippen LogP contribution in [0.4, 0.5) is 0 Å². The molecule has 0 fully saturated rings. The zero-order valence-corrected chi connectivity index (χ0v) is 11.2. The molecule has 0 aliphatic carbocycles. The van der Waals surface area contributed by atoms with Crippen molar-refractivity contribution in [2.75, 3.05) is 0 Å². The molecule has 16 heavy (non-hydrogen) atoms. The monoisotopic (exact) mass is 253 g/mol. The number of hydrogen-bond acceptors (Lipinski definition) is 5. The molecule has 0 aromatic carbocycles. The predicted octanol–water partition coefficient (Wildman–Crippen LogP) is 2.95. The molecule has 3 nitrogen and oxygen atoms in total. The van der Waals surface area contributed by atoms with Crippen LogP contribution in [0.25, 0.3) is 0 Å². The summed E-state index contributed by atoms with van der Waals surface area (Å²) in [4.78, 5) is 2.24. The molecule has 2 aromatic rings. The SMILES string of the molecule is CC(C)(C)c1nnsc1C(N)c1cccs1. The van der Waals surface area contributed by atoms with Crippen LogP contribution in [-0.4, -0.2) is 9.59 Å². The zero-order valence-electron chi connectivity index (χ0n) is 9.60. The van der Waals surface area contributed by atoms with E-state index < -0.39 is 0 Å². The summed E-state index contributed by atoms with van der Waals surface area (Å²) in [5.41, 5.74) is 7.25. The van der Waals surface area contributed by atoms with Gasteiger partial charge in [-0.05, 0) is 23.0 Å². The molecule has 0 radical (unpaired) electrons. The highest BCUT2D eigenvalue weighted by Gasteiger charge is 2.26. The molecule has 0 bridgehead atoms. The summed E-state index contributed by atoms with van der Waals surface area (Å²) in [7, 11) is 0. The van der Waals surface area contributed by atoms with Crippen molar-refractivity contribution >= 4 is 22.9 Å². The third-order valence-electron chi connectivity index (χ3n) is 2.36. The maximum Gasteiger partial charge on any atom is 0.0860 e. The highest BCUT2D eigenvalue weighted by molar-refractivity contribution is 7.10. The third-order valence-corrected chi connectivity index (χ3v) is 4.12. The highest BCUT2D eigenvalue weighted by Crippen LogP contribution is 2.33. The Bertz CT molecular complexity index is 454. The van der Waals surface area contributed by atoms with Gasteiger partial charge < -0.3 is 5.73 Å². The Kier molecular flexibility index (Phi) is 3.10. The van der Waals surface area contributed by atoms with E-state index in [9.17, 15) is 0 Å². The minimum atomic E-state index is -0.0887. The van der Waals surface area contributed by atoms with Crippen LogP contribution in [0.1, 0.15) is 42.3 Å². The number of hydrogen-bond donors (Lipinski definition) is 1.